The molecule has 8 N–H and O–H groups in total. The van der Waals surface area contributed by atoms with Gasteiger partial charge in [0.05, 0.1) is 6.04 Å². The minimum Gasteiger partial charge on any atom is -0.480 e. The van der Waals surface area contributed by atoms with E-state index >= 15 is 0 Å². The van der Waals surface area contributed by atoms with Crippen molar-refractivity contribution in [2.75, 3.05) is 18.8 Å². The van der Waals surface area contributed by atoms with Crippen LogP contribution in [-0.4, -0.2) is 65.8 Å². The lowest BCUT2D eigenvalue weighted by molar-refractivity contribution is -0.138. The Labute approximate surface area is 151 Å². The molecule has 0 aromatic rings. The molecule has 0 heterocycles. The van der Waals surface area contributed by atoms with Crippen LogP contribution in [0.25, 0.3) is 0 Å². The van der Waals surface area contributed by atoms with Gasteiger partial charge in [-0.1, -0.05) is 0 Å². The highest BCUT2D eigenvalue weighted by Gasteiger charge is 2.26. The highest BCUT2D eigenvalue weighted by molar-refractivity contribution is 7.80. The van der Waals surface area contributed by atoms with E-state index in [1.165, 1.54) is 6.92 Å². The molecular formula is C14H27N5O5S. The van der Waals surface area contributed by atoms with Crippen molar-refractivity contribution >= 4 is 36.3 Å². The molecule has 10 nitrogen and oxygen atoms in total. The van der Waals surface area contributed by atoms with Crippen molar-refractivity contribution in [2.24, 2.45) is 11.5 Å². The Balaban J connectivity index is 4.85. The van der Waals surface area contributed by atoms with Crippen LogP contribution in [0.4, 0.5) is 0 Å². The highest BCUT2D eigenvalue weighted by atomic mass is 32.1. The second-order valence-electron chi connectivity index (χ2n) is 5.49. The summed E-state index contributed by atoms with van der Waals surface area (Å²) in [7, 11) is 0. The maximum absolute atomic E-state index is 12.4. The summed E-state index contributed by atoms with van der Waals surface area (Å²) in [6.45, 7) is 1.37. The molecule has 0 aromatic heterocycles. The minimum absolute atomic E-state index is 0.0338. The van der Waals surface area contributed by atoms with Gasteiger partial charge in [0, 0.05) is 5.75 Å². The molecule has 0 bridgehead atoms. The molecule has 0 fully saturated rings. The summed E-state index contributed by atoms with van der Waals surface area (Å²) in [6.07, 6.45) is 1.61. The number of carbonyl (C=O) groups excluding carboxylic acids is 3. The summed E-state index contributed by atoms with van der Waals surface area (Å²) >= 11 is 3.98. The predicted octanol–water partition coefficient (Wildman–Crippen LogP) is -2.44. The monoisotopic (exact) mass is 377 g/mol. The van der Waals surface area contributed by atoms with Gasteiger partial charge in [-0.2, -0.15) is 12.6 Å². The molecule has 0 radical (unpaired) electrons. The van der Waals surface area contributed by atoms with Crippen LogP contribution in [0.2, 0.25) is 0 Å². The molecule has 0 spiro atoms. The van der Waals surface area contributed by atoms with Crippen LogP contribution in [0.1, 0.15) is 26.2 Å². The van der Waals surface area contributed by atoms with Gasteiger partial charge in [-0.25, -0.2) is 0 Å². The molecule has 11 heteroatoms. The van der Waals surface area contributed by atoms with Gasteiger partial charge in [0.15, 0.2) is 0 Å². The predicted molar refractivity (Wildman–Crippen MR) is 94.9 cm³/mol. The molecular weight excluding hydrogens is 350 g/mol. The second kappa shape index (κ2) is 12.5. The average molecular weight is 377 g/mol. The van der Waals surface area contributed by atoms with Gasteiger partial charge in [0.25, 0.3) is 0 Å². The van der Waals surface area contributed by atoms with Crippen LogP contribution in [0, 0.1) is 0 Å². The van der Waals surface area contributed by atoms with Crippen molar-refractivity contribution in [1.29, 1.82) is 0 Å². The molecule has 0 aliphatic carbocycles. The number of hydrogen-bond acceptors (Lipinski definition) is 7. The number of nitrogens with one attached hydrogen (secondary N) is 3. The van der Waals surface area contributed by atoms with Gasteiger partial charge in [0.2, 0.25) is 17.7 Å². The molecule has 3 unspecified atom stereocenters. The zero-order valence-electron chi connectivity index (χ0n) is 14.2. The summed E-state index contributed by atoms with van der Waals surface area (Å²) in [4.78, 5) is 46.5. The molecule has 3 atom stereocenters. The number of rotatable bonds is 12. The molecule has 0 aromatic carbocycles. The summed E-state index contributed by atoms with van der Waals surface area (Å²) in [5.41, 5.74) is 10.9. The van der Waals surface area contributed by atoms with Crippen LogP contribution >= 0.6 is 12.6 Å². The lowest BCUT2D eigenvalue weighted by Crippen LogP contribution is -2.56. The summed E-state index contributed by atoms with van der Waals surface area (Å²) < 4.78 is 0. The molecule has 0 rings (SSSR count). The average Bonchev–Trinajstić information content (AvgIpc) is 2.56. The Morgan fingerprint density at radius 2 is 1.64 bits per heavy atom. The SMILES string of the molecule is CC(N)C(=O)NC(CCCCN)C(=O)NC(CS)C(=O)NCC(=O)O. The third-order valence-electron chi connectivity index (χ3n) is 3.22. The first-order chi connectivity index (χ1) is 11.7. The Morgan fingerprint density at radius 3 is 2.12 bits per heavy atom. The number of carboxylic acids is 1. The van der Waals surface area contributed by atoms with Gasteiger partial charge in [0.1, 0.15) is 18.6 Å². The molecule has 0 saturated carbocycles. The van der Waals surface area contributed by atoms with E-state index in [0.29, 0.717) is 25.8 Å². The number of aliphatic carboxylic acids is 1. The van der Waals surface area contributed by atoms with Gasteiger partial charge >= 0.3 is 5.97 Å². The number of amides is 3. The first-order valence-corrected chi connectivity index (χ1v) is 8.52. The Kier molecular flexibility index (Phi) is 11.6. The second-order valence-corrected chi connectivity index (χ2v) is 5.85. The van der Waals surface area contributed by atoms with Crippen molar-refractivity contribution in [3.63, 3.8) is 0 Å². The fraction of sp³-hybridized carbons (Fsp3) is 0.714. The van der Waals surface area contributed by atoms with Crippen LogP contribution in [0.5, 0.6) is 0 Å². The van der Waals surface area contributed by atoms with E-state index in [1.54, 1.807) is 0 Å². The lowest BCUT2D eigenvalue weighted by atomic mass is 10.1. The molecule has 0 aliphatic rings. The normalized spacial score (nSPS) is 14.1. The summed E-state index contributed by atoms with van der Waals surface area (Å²) in [6, 6.07) is -2.69. The number of nitrogens with two attached hydrogens (primary N) is 2. The minimum atomic E-state index is -1.21. The third kappa shape index (κ3) is 9.89. The van der Waals surface area contributed by atoms with Gasteiger partial charge in [-0.05, 0) is 32.7 Å². The maximum atomic E-state index is 12.4. The zero-order chi connectivity index (χ0) is 19.4. The van der Waals surface area contributed by atoms with Crippen LogP contribution in [0.3, 0.4) is 0 Å². The largest absolute Gasteiger partial charge is 0.480 e. The Hall–Kier alpha value is -1.85. The van der Waals surface area contributed by atoms with Crippen LogP contribution in [-0.2, 0) is 19.2 Å². The van der Waals surface area contributed by atoms with E-state index in [4.69, 9.17) is 16.6 Å². The number of carbonyl (C=O) groups is 4. The molecule has 3 amide bonds. The van der Waals surface area contributed by atoms with Crippen LogP contribution < -0.4 is 27.4 Å². The molecule has 25 heavy (non-hydrogen) atoms. The fourth-order valence-electron chi connectivity index (χ4n) is 1.82. The van der Waals surface area contributed by atoms with E-state index in [9.17, 15) is 19.2 Å². The molecule has 144 valence electrons. The smallest absolute Gasteiger partial charge is 0.322 e. The molecule has 0 aliphatic heterocycles. The maximum Gasteiger partial charge on any atom is 0.322 e. The van der Waals surface area contributed by atoms with Gasteiger partial charge < -0.3 is 32.5 Å². The zero-order valence-corrected chi connectivity index (χ0v) is 15.1. The number of carboxylic acid groups (broad SMARTS) is 1. The number of thiol groups is 1. The summed E-state index contributed by atoms with van der Waals surface area (Å²) in [5.74, 6) is -2.99. The first-order valence-electron chi connectivity index (χ1n) is 7.89. The van der Waals surface area contributed by atoms with Crippen molar-refractivity contribution < 1.29 is 24.3 Å². The van der Waals surface area contributed by atoms with E-state index in [2.05, 4.69) is 28.6 Å². The van der Waals surface area contributed by atoms with Gasteiger partial charge in [-0.15, -0.1) is 0 Å². The van der Waals surface area contributed by atoms with Crippen molar-refractivity contribution in [3.05, 3.63) is 0 Å². The van der Waals surface area contributed by atoms with Crippen molar-refractivity contribution in [1.82, 2.24) is 16.0 Å². The number of unbranched alkanes of at least 4 members (excludes halogenated alkanes) is 1. The first kappa shape index (κ1) is 23.1. The Morgan fingerprint density at radius 1 is 1.04 bits per heavy atom. The highest BCUT2D eigenvalue weighted by Crippen LogP contribution is 2.03. The van der Waals surface area contributed by atoms with Crippen molar-refractivity contribution in [2.45, 2.75) is 44.3 Å². The van der Waals surface area contributed by atoms with Crippen LogP contribution in [0.15, 0.2) is 0 Å². The van der Waals surface area contributed by atoms with Crippen molar-refractivity contribution in [3.8, 4) is 0 Å². The standard InChI is InChI=1S/C14H27N5O5S/c1-8(16)12(22)18-9(4-2-3-5-15)14(24)19-10(7-25)13(23)17-6-11(20)21/h8-10,25H,2-7,15-16H2,1H3,(H,17,23)(H,18,22)(H,19,24)(H,20,21). The quantitative estimate of drug-likeness (QED) is 0.146. The molecule has 0 saturated heterocycles. The lowest BCUT2D eigenvalue weighted by Gasteiger charge is -2.22. The topological polar surface area (TPSA) is 177 Å². The number of hydrogen-bond donors (Lipinski definition) is 7. The van der Waals surface area contributed by atoms with E-state index in [1.807, 2.05) is 0 Å². The van der Waals surface area contributed by atoms with E-state index < -0.39 is 48.4 Å². The third-order valence-corrected chi connectivity index (χ3v) is 3.59. The van der Waals surface area contributed by atoms with E-state index in [-0.39, 0.29) is 5.75 Å². The fourth-order valence-corrected chi connectivity index (χ4v) is 2.07. The summed E-state index contributed by atoms with van der Waals surface area (Å²) in [5, 5.41) is 15.7. The van der Waals surface area contributed by atoms with E-state index in [0.717, 1.165) is 0 Å². The van der Waals surface area contributed by atoms with Gasteiger partial charge in [-0.3, -0.25) is 19.2 Å². The Bertz CT molecular complexity index is 475.